The Kier molecular flexibility index (Phi) is 4.57. The summed E-state index contributed by atoms with van der Waals surface area (Å²) in [6.45, 7) is 2.31. The smallest absolute Gasteiger partial charge is 0.275 e. The minimum atomic E-state index is -0.292. The lowest BCUT2D eigenvalue weighted by atomic mass is 10.2. The van der Waals surface area contributed by atoms with Crippen LogP contribution in [0.15, 0.2) is 34.1 Å². The Morgan fingerprint density at radius 2 is 2.26 bits per heavy atom. The highest BCUT2D eigenvalue weighted by molar-refractivity contribution is 9.10. The number of nitrogens with two attached hydrogens (primary N) is 1. The van der Waals surface area contributed by atoms with E-state index >= 15 is 0 Å². The molecule has 0 spiro atoms. The second-order valence-corrected chi connectivity index (χ2v) is 5.78. The van der Waals surface area contributed by atoms with Crippen LogP contribution in [-0.2, 0) is 6.61 Å². The van der Waals surface area contributed by atoms with Gasteiger partial charge in [0, 0.05) is 10.0 Å². The standard InChI is InChI=1S/C13H13BrN2O2S/c1-8-2-3-10(14)6-11(8)18-7-9-4-5-19-12(9)13(17)16-15/h2-6H,7,15H2,1H3,(H,16,17). The molecule has 0 radical (unpaired) electrons. The van der Waals surface area contributed by atoms with Gasteiger partial charge in [-0.3, -0.25) is 10.2 Å². The first-order valence-corrected chi connectivity index (χ1v) is 7.25. The summed E-state index contributed by atoms with van der Waals surface area (Å²) >= 11 is 4.75. The molecule has 3 N–H and O–H groups in total. The third-order valence-electron chi connectivity index (χ3n) is 2.62. The number of hydrogen-bond acceptors (Lipinski definition) is 4. The van der Waals surface area contributed by atoms with Crippen molar-refractivity contribution in [3.05, 3.63) is 50.1 Å². The van der Waals surface area contributed by atoms with Crippen LogP contribution >= 0.6 is 27.3 Å². The lowest BCUT2D eigenvalue weighted by Crippen LogP contribution is -2.30. The average Bonchev–Trinajstić information content (AvgIpc) is 2.87. The molecule has 1 aromatic carbocycles. The van der Waals surface area contributed by atoms with Crippen LogP contribution in [0.1, 0.15) is 20.8 Å². The normalized spacial score (nSPS) is 10.3. The lowest BCUT2D eigenvalue weighted by Gasteiger charge is -2.09. The fraction of sp³-hybridized carbons (Fsp3) is 0.154. The number of ether oxygens (including phenoxy) is 1. The maximum atomic E-state index is 11.5. The summed E-state index contributed by atoms with van der Waals surface area (Å²) < 4.78 is 6.71. The second kappa shape index (κ2) is 6.18. The van der Waals surface area contributed by atoms with Gasteiger partial charge < -0.3 is 4.74 Å². The molecule has 0 aliphatic carbocycles. The summed E-state index contributed by atoms with van der Waals surface area (Å²) in [6, 6.07) is 7.70. The van der Waals surface area contributed by atoms with E-state index in [-0.39, 0.29) is 5.91 Å². The molecule has 6 heteroatoms. The molecule has 0 atom stereocenters. The van der Waals surface area contributed by atoms with Gasteiger partial charge in [-0.1, -0.05) is 22.0 Å². The fourth-order valence-electron chi connectivity index (χ4n) is 1.60. The van der Waals surface area contributed by atoms with E-state index < -0.39 is 0 Å². The molecule has 0 saturated heterocycles. The molecule has 0 aliphatic heterocycles. The Morgan fingerprint density at radius 1 is 1.47 bits per heavy atom. The zero-order valence-corrected chi connectivity index (χ0v) is 12.7. The molecule has 1 aromatic heterocycles. The van der Waals surface area contributed by atoms with E-state index in [0.717, 1.165) is 21.3 Å². The predicted octanol–water partition coefficient (Wildman–Crippen LogP) is 3.00. The molecule has 1 amide bonds. The number of benzene rings is 1. The molecule has 0 fully saturated rings. The Balaban J connectivity index is 2.13. The minimum Gasteiger partial charge on any atom is -0.489 e. The lowest BCUT2D eigenvalue weighted by molar-refractivity contribution is 0.0955. The maximum absolute atomic E-state index is 11.5. The van der Waals surface area contributed by atoms with E-state index in [9.17, 15) is 4.79 Å². The van der Waals surface area contributed by atoms with Crippen LogP contribution < -0.4 is 16.0 Å². The summed E-state index contributed by atoms with van der Waals surface area (Å²) in [5, 5.41) is 1.84. The van der Waals surface area contributed by atoms with Gasteiger partial charge in [-0.25, -0.2) is 5.84 Å². The molecule has 2 rings (SSSR count). The largest absolute Gasteiger partial charge is 0.489 e. The van der Waals surface area contributed by atoms with Crippen LogP contribution in [-0.4, -0.2) is 5.91 Å². The van der Waals surface area contributed by atoms with Crippen molar-refractivity contribution in [2.24, 2.45) is 5.84 Å². The second-order valence-electron chi connectivity index (χ2n) is 3.95. The molecular formula is C13H13BrN2O2S. The van der Waals surface area contributed by atoms with Gasteiger partial charge in [-0.15, -0.1) is 11.3 Å². The van der Waals surface area contributed by atoms with Gasteiger partial charge in [-0.05, 0) is 36.1 Å². The average molecular weight is 341 g/mol. The first-order chi connectivity index (χ1) is 9.11. The zero-order chi connectivity index (χ0) is 13.8. The number of nitrogen functional groups attached to an aromatic ring is 1. The third-order valence-corrected chi connectivity index (χ3v) is 4.07. The van der Waals surface area contributed by atoms with E-state index in [4.69, 9.17) is 10.6 Å². The highest BCUT2D eigenvalue weighted by Crippen LogP contribution is 2.25. The molecule has 2 aromatic rings. The van der Waals surface area contributed by atoms with Gasteiger partial charge in [0.15, 0.2) is 0 Å². The number of rotatable bonds is 4. The molecular weight excluding hydrogens is 328 g/mol. The van der Waals surface area contributed by atoms with E-state index in [1.54, 1.807) is 0 Å². The van der Waals surface area contributed by atoms with Crippen LogP contribution in [0.3, 0.4) is 0 Å². The van der Waals surface area contributed by atoms with Crippen LogP contribution in [0, 0.1) is 6.92 Å². The Labute approximate surface area is 123 Å². The number of nitrogens with one attached hydrogen (secondary N) is 1. The van der Waals surface area contributed by atoms with Gasteiger partial charge in [-0.2, -0.15) is 0 Å². The number of carbonyl (C=O) groups is 1. The SMILES string of the molecule is Cc1ccc(Br)cc1OCc1ccsc1C(=O)NN. The Bertz CT molecular complexity index is 598. The van der Waals surface area contributed by atoms with Crippen LogP contribution in [0.5, 0.6) is 5.75 Å². The van der Waals surface area contributed by atoms with E-state index in [1.807, 2.05) is 36.6 Å². The van der Waals surface area contributed by atoms with Gasteiger partial charge in [0.25, 0.3) is 5.91 Å². The molecule has 0 unspecified atom stereocenters. The van der Waals surface area contributed by atoms with Gasteiger partial charge >= 0.3 is 0 Å². The molecule has 1 heterocycles. The summed E-state index contributed by atoms with van der Waals surface area (Å²) in [7, 11) is 0. The van der Waals surface area contributed by atoms with E-state index in [0.29, 0.717) is 11.5 Å². The predicted molar refractivity (Wildman–Crippen MR) is 79.2 cm³/mol. The minimum absolute atomic E-state index is 0.292. The number of thiophene rings is 1. The van der Waals surface area contributed by atoms with Crippen LogP contribution in [0.2, 0.25) is 0 Å². The van der Waals surface area contributed by atoms with Crippen LogP contribution in [0.4, 0.5) is 0 Å². The highest BCUT2D eigenvalue weighted by Gasteiger charge is 2.12. The number of hydrogen-bond donors (Lipinski definition) is 2. The van der Waals surface area contributed by atoms with E-state index in [2.05, 4.69) is 21.4 Å². The number of aryl methyl sites for hydroxylation is 1. The first-order valence-electron chi connectivity index (χ1n) is 5.58. The van der Waals surface area contributed by atoms with Crippen molar-refractivity contribution in [1.82, 2.24) is 5.43 Å². The Morgan fingerprint density at radius 3 is 3.00 bits per heavy atom. The molecule has 4 nitrogen and oxygen atoms in total. The molecule has 0 bridgehead atoms. The van der Waals surface area contributed by atoms with Crippen molar-refractivity contribution in [1.29, 1.82) is 0 Å². The first kappa shape index (κ1) is 14.0. The summed E-state index contributed by atoms with van der Waals surface area (Å²) in [5.74, 6) is 5.64. The summed E-state index contributed by atoms with van der Waals surface area (Å²) in [5.41, 5.74) is 4.01. The van der Waals surface area contributed by atoms with Crippen LogP contribution in [0.25, 0.3) is 0 Å². The number of amides is 1. The number of halogens is 1. The van der Waals surface area contributed by atoms with Crippen molar-refractivity contribution in [3.8, 4) is 5.75 Å². The quantitative estimate of drug-likeness (QED) is 0.510. The highest BCUT2D eigenvalue weighted by atomic mass is 79.9. The maximum Gasteiger partial charge on any atom is 0.275 e. The van der Waals surface area contributed by atoms with Crippen molar-refractivity contribution in [3.63, 3.8) is 0 Å². The number of carbonyl (C=O) groups excluding carboxylic acids is 1. The van der Waals surface area contributed by atoms with Gasteiger partial charge in [0.2, 0.25) is 0 Å². The fourth-order valence-corrected chi connectivity index (χ4v) is 2.75. The number of hydrazine groups is 1. The van der Waals surface area contributed by atoms with E-state index in [1.165, 1.54) is 11.3 Å². The summed E-state index contributed by atoms with van der Waals surface area (Å²) in [6.07, 6.45) is 0. The Hall–Kier alpha value is -1.37. The molecule has 100 valence electrons. The third kappa shape index (κ3) is 3.34. The van der Waals surface area contributed by atoms with Crippen molar-refractivity contribution < 1.29 is 9.53 Å². The van der Waals surface area contributed by atoms with Gasteiger partial charge in [0.05, 0.1) is 4.88 Å². The summed E-state index contributed by atoms with van der Waals surface area (Å²) in [4.78, 5) is 12.1. The monoisotopic (exact) mass is 340 g/mol. The molecule has 0 aliphatic rings. The molecule has 19 heavy (non-hydrogen) atoms. The van der Waals surface area contributed by atoms with Gasteiger partial charge in [0.1, 0.15) is 12.4 Å². The van der Waals surface area contributed by atoms with Crippen molar-refractivity contribution in [2.75, 3.05) is 0 Å². The zero-order valence-electron chi connectivity index (χ0n) is 10.3. The van der Waals surface area contributed by atoms with Crippen molar-refractivity contribution >= 4 is 33.2 Å². The molecule has 0 saturated carbocycles. The van der Waals surface area contributed by atoms with Crippen molar-refractivity contribution in [2.45, 2.75) is 13.5 Å². The topological polar surface area (TPSA) is 64.3 Å².